The summed E-state index contributed by atoms with van der Waals surface area (Å²) >= 11 is 0. The standard InChI is InChI=1S/C19H30N2O2/c1-15-7-9-16(10-8-15)17(20(2)3)18(22)21(4)14-13-19(23)11-5-6-12-19/h7-10,17,23H,5-6,11-14H2,1-4H3. The molecule has 4 nitrogen and oxygen atoms in total. The molecule has 1 aliphatic carbocycles. The monoisotopic (exact) mass is 318 g/mol. The number of amides is 1. The van der Waals surface area contributed by atoms with Crippen molar-refractivity contribution in [3.05, 3.63) is 35.4 Å². The summed E-state index contributed by atoms with van der Waals surface area (Å²) in [5, 5.41) is 10.5. The molecule has 1 aromatic carbocycles. The molecule has 0 radical (unpaired) electrons. The summed E-state index contributed by atoms with van der Waals surface area (Å²) in [6, 6.07) is 7.85. The summed E-state index contributed by atoms with van der Waals surface area (Å²) in [4.78, 5) is 16.6. The van der Waals surface area contributed by atoms with E-state index in [1.807, 2.05) is 57.2 Å². The molecule has 0 aromatic heterocycles. The smallest absolute Gasteiger partial charge is 0.244 e. The molecule has 0 aliphatic heterocycles. The molecule has 1 amide bonds. The van der Waals surface area contributed by atoms with Gasteiger partial charge in [-0.05, 0) is 45.8 Å². The zero-order valence-electron chi connectivity index (χ0n) is 14.9. The molecule has 0 heterocycles. The van der Waals surface area contributed by atoms with E-state index in [0.29, 0.717) is 13.0 Å². The Bertz CT molecular complexity index is 519. The summed E-state index contributed by atoms with van der Waals surface area (Å²) in [7, 11) is 5.70. The Balaban J connectivity index is 2.03. The summed E-state index contributed by atoms with van der Waals surface area (Å²) in [5.41, 5.74) is 1.64. The maximum Gasteiger partial charge on any atom is 0.244 e. The molecule has 1 saturated carbocycles. The maximum absolute atomic E-state index is 12.9. The summed E-state index contributed by atoms with van der Waals surface area (Å²) in [6.07, 6.45) is 4.59. The lowest BCUT2D eigenvalue weighted by molar-refractivity contribution is -0.135. The van der Waals surface area contributed by atoms with E-state index in [0.717, 1.165) is 31.2 Å². The van der Waals surface area contributed by atoms with Crippen LogP contribution < -0.4 is 0 Å². The Morgan fingerprint density at radius 3 is 2.26 bits per heavy atom. The molecule has 1 fully saturated rings. The second kappa shape index (κ2) is 7.45. The Hall–Kier alpha value is -1.39. The van der Waals surface area contributed by atoms with E-state index in [2.05, 4.69) is 0 Å². The largest absolute Gasteiger partial charge is 0.390 e. The number of carbonyl (C=O) groups is 1. The van der Waals surface area contributed by atoms with Gasteiger partial charge in [0, 0.05) is 13.6 Å². The van der Waals surface area contributed by atoms with E-state index in [1.54, 1.807) is 4.90 Å². The molecule has 0 saturated heterocycles. The highest BCUT2D eigenvalue weighted by molar-refractivity contribution is 5.83. The number of aryl methyl sites for hydroxylation is 1. The highest BCUT2D eigenvalue weighted by atomic mass is 16.3. The van der Waals surface area contributed by atoms with Gasteiger partial charge >= 0.3 is 0 Å². The molecule has 1 aliphatic rings. The van der Waals surface area contributed by atoms with E-state index in [-0.39, 0.29) is 11.9 Å². The van der Waals surface area contributed by atoms with Crippen molar-refractivity contribution in [2.24, 2.45) is 0 Å². The van der Waals surface area contributed by atoms with Gasteiger partial charge in [0.05, 0.1) is 5.60 Å². The van der Waals surface area contributed by atoms with Gasteiger partial charge in [-0.25, -0.2) is 0 Å². The molecule has 1 aromatic rings. The van der Waals surface area contributed by atoms with Crippen LogP contribution in [0.15, 0.2) is 24.3 Å². The molecule has 23 heavy (non-hydrogen) atoms. The molecule has 128 valence electrons. The number of hydrogen-bond acceptors (Lipinski definition) is 3. The van der Waals surface area contributed by atoms with Gasteiger partial charge in [-0.3, -0.25) is 9.69 Å². The van der Waals surface area contributed by atoms with E-state index in [4.69, 9.17) is 0 Å². The zero-order chi connectivity index (χ0) is 17.0. The topological polar surface area (TPSA) is 43.8 Å². The second-order valence-corrected chi connectivity index (χ2v) is 7.22. The number of hydrogen-bond donors (Lipinski definition) is 1. The van der Waals surface area contributed by atoms with Crippen LogP contribution in [-0.2, 0) is 4.79 Å². The van der Waals surface area contributed by atoms with Crippen molar-refractivity contribution in [3.8, 4) is 0 Å². The van der Waals surface area contributed by atoms with Crippen molar-refractivity contribution in [3.63, 3.8) is 0 Å². The van der Waals surface area contributed by atoms with Crippen LogP contribution in [0.5, 0.6) is 0 Å². The SMILES string of the molecule is Cc1ccc(C(C(=O)N(C)CCC2(O)CCCC2)N(C)C)cc1. The molecular formula is C19H30N2O2. The van der Waals surface area contributed by atoms with Crippen molar-refractivity contribution >= 4 is 5.91 Å². The average molecular weight is 318 g/mol. The van der Waals surface area contributed by atoms with Crippen molar-refractivity contribution < 1.29 is 9.90 Å². The minimum atomic E-state index is -0.563. The van der Waals surface area contributed by atoms with Crippen LogP contribution in [0.4, 0.5) is 0 Å². The third-order valence-corrected chi connectivity index (χ3v) is 4.97. The zero-order valence-corrected chi connectivity index (χ0v) is 14.9. The number of likely N-dealkylation sites (N-methyl/N-ethyl adjacent to an activating group) is 2. The minimum absolute atomic E-state index is 0.0838. The lowest BCUT2D eigenvalue weighted by atomic mass is 9.97. The van der Waals surface area contributed by atoms with Gasteiger partial charge in [0.25, 0.3) is 0 Å². The van der Waals surface area contributed by atoms with Crippen molar-refractivity contribution in [2.45, 2.75) is 50.7 Å². The van der Waals surface area contributed by atoms with Crippen LogP contribution in [0.1, 0.15) is 49.3 Å². The third kappa shape index (κ3) is 4.55. The highest BCUT2D eigenvalue weighted by Gasteiger charge is 2.32. The molecule has 0 bridgehead atoms. The number of rotatable bonds is 6. The van der Waals surface area contributed by atoms with Crippen LogP contribution in [-0.4, -0.2) is 54.1 Å². The van der Waals surface area contributed by atoms with Crippen molar-refractivity contribution in [2.75, 3.05) is 27.7 Å². The second-order valence-electron chi connectivity index (χ2n) is 7.22. The number of benzene rings is 1. The summed E-state index contributed by atoms with van der Waals surface area (Å²) in [5.74, 6) is 0.0838. The molecular weight excluding hydrogens is 288 g/mol. The first-order valence-electron chi connectivity index (χ1n) is 8.53. The van der Waals surface area contributed by atoms with E-state index < -0.39 is 5.60 Å². The van der Waals surface area contributed by atoms with Crippen LogP contribution in [0, 0.1) is 6.92 Å². The normalized spacial score (nSPS) is 18.2. The average Bonchev–Trinajstić information content (AvgIpc) is 2.94. The first-order chi connectivity index (χ1) is 10.8. The predicted octanol–water partition coefficient (Wildman–Crippen LogP) is 2.75. The number of carbonyl (C=O) groups excluding carboxylic acids is 1. The molecule has 1 unspecified atom stereocenters. The third-order valence-electron chi connectivity index (χ3n) is 4.97. The van der Waals surface area contributed by atoms with Crippen molar-refractivity contribution in [1.82, 2.24) is 9.80 Å². The van der Waals surface area contributed by atoms with E-state index in [9.17, 15) is 9.90 Å². The molecule has 1 N–H and O–H groups in total. The quantitative estimate of drug-likeness (QED) is 0.877. The van der Waals surface area contributed by atoms with Crippen LogP contribution in [0.3, 0.4) is 0 Å². The lowest BCUT2D eigenvalue weighted by Gasteiger charge is -2.31. The molecule has 0 spiro atoms. The van der Waals surface area contributed by atoms with Crippen LogP contribution in [0.25, 0.3) is 0 Å². The lowest BCUT2D eigenvalue weighted by Crippen LogP contribution is -2.41. The van der Waals surface area contributed by atoms with Gasteiger partial charge in [-0.2, -0.15) is 0 Å². The van der Waals surface area contributed by atoms with E-state index >= 15 is 0 Å². The Kier molecular flexibility index (Phi) is 5.82. The Morgan fingerprint density at radius 1 is 1.17 bits per heavy atom. The summed E-state index contributed by atoms with van der Waals surface area (Å²) in [6.45, 7) is 2.65. The fraction of sp³-hybridized carbons (Fsp3) is 0.632. The maximum atomic E-state index is 12.9. The highest BCUT2D eigenvalue weighted by Crippen LogP contribution is 2.32. The van der Waals surface area contributed by atoms with Crippen LogP contribution in [0.2, 0.25) is 0 Å². The predicted molar refractivity (Wildman–Crippen MR) is 93.3 cm³/mol. The molecule has 2 rings (SSSR count). The van der Waals surface area contributed by atoms with E-state index in [1.165, 1.54) is 5.56 Å². The van der Waals surface area contributed by atoms with Gasteiger partial charge in [0.2, 0.25) is 5.91 Å². The summed E-state index contributed by atoms with van der Waals surface area (Å²) < 4.78 is 0. The van der Waals surface area contributed by atoms with Gasteiger partial charge in [0.15, 0.2) is 0 Å². The van der Waals surface area contributed by atoms with Gasteiger partial charge < -0.3 is 10.0 Å². The molecule has 1 atom stereocenters. The first-order valence-corrected chi connectivity index (χ1v) is 8.53. The van der Waals surface area contributed by atoms with Gasteiger partial charge in [-0.15, -0.1) is 0 Å². The van der Waals surface area contributed by atoms with Crippen LogP contribution >= 0.6 is 0 Å². The Morgan fingerprint density at radius 2 is 1.74 bits per heavy atom. The first kappa shape index (κ1) is 18.0. The number of aliphatic hydroxyl groups is 1. The minimum Gasteiger partial charge on any atom is -0.390 e. The Labute approximate surface area is 140 Å². The fourth-order valence-corrected chi connectivity index (χ4v) is 3.39. The number of nitrogens with zero attached hydrogens (tertiary/aromatic N) is 2. The van der Waals surface area contributed by atoms with Crippen molar-refractivity contribution in [1.29, 1.82) is 0 Å². The van der Waals surface area contributed by atoms with Gasteiger partial charge in [-0.1, -0.05) is 42.7 Å². The van der Waals surface area contributed by atoms with Gasteiger partial charge in [0.1, 0.15) is 6.04 Å². The fourth-order valence-electron chi connectivity index (χ4n) is 3.39. The molecule has 4 heteroatoms.